The minimum absolute atomic E-state index is 0.267. The van der Waals surface area contributed by atoms with Gasteiger partial charge in [0.25, 0.3) is 5.91 Å². The van der Waals surface area contributed by atoms with E-state index in [9.17, 15) is 4.79 Å². The van der Waals surface area contributed by atoms with Crippen molar-refractivity contribution in [1.82, 2.24) is 9.78 Å². The third-order valence-electron chi connectivity index (χ3n) is 4.30. The Bertz CT molecular complexity index is 1100. The molecule has 0 spiro atoms. The fourth-order valence-electron chi connectivity index (χ4n) is 2.87. The van der Waals surface area contributed by atoms with Gasteiger partial charge >= 0.3 is 0 Å². The van der Waals surface area contributed by atoms with Crippen molar-refractivity contribution in [2.24, 2.45) is 0 Å². The quantitative estimate of drug-likeness (QED) is 0.550. The number of carbonyl (C=O) groups excluding carboxylic acids is 1. The number of rotatable bonds is 5. The first-order valence-electron chi connectivity index (χ1n) is 8.81. The average Bonchev–Trinajstić information content (AvgIpc) is 3.36. The molecule has 0 aliphatic rings. The molecule has 2 aromatic heterocycles. The molecule has 0 unspecified atom stereocenters. The van der Waals surface area contributed by atoms with E-state index >= 15 is 0 Å². The molecule has 0 radical (unpaired) electrons. The van der Waals surface area contributed by atoms with E-state index in [0.717, 1.165) is 17.2 Å². The Kier molecular flexibility index (Phi) is 4.68. The third-order valence-corrected chi connectivity index (χ3v) is 4.30. The monoisotopic (exact) mass is 373 g/mol. The maximum Gasteiger partial charge on any atom is 0.259 e. The first-order valence-corrected chi connectivity index (χ1v) is 8.81. The van der Waals surface area contributed by atoms with Crippen LogP contribution in [-0.2, 0) is 0 Å². The van der Waals surface area contributed by atoms with E-state index in [-0.39, 0.29) is 5.91 Å². The molecule has 6 heteroatoms. The Labute approximate surface area is 162 Å². The zero-order chi connectivity index (χ0) is 19.5. The summed E-state index contributed by atoms with van der Waals surface area (Å²) in [6.45, 7) is 1.86. The van der Waals surface area contributed by atoms with Gasteiger partial charge in [-0.15, -0.1) is 0 Å². The Morgan fingerprint density at radius 3 is 2.43 bits per heavy atom. The summed E-state index contributed by atoms with van der Waals surface area (Å²) < 4.78 is 12.5. The molecule has 2 aromatic carbocycles. The van der Waals surface area contributed by atoms with Crippen LogP contribution in [0.1, 0.15) is 16.1 Å². The molecule has 4 rings (SSSR count). The molecular formula is C22H19N3O3. The lowest BCUT2D eigenvalue weighted by Crippen LogP contribution is -2.12. The van der Waals surface area contributed by atoms with Crippen molar-refractivity contribution in [3.63, 3.8) is 0 Å². The van der Waals surface area contributed by atoms with Gasteiger partial charge in [0.05, 0.1) is 18.4 Å². The van der Waals surface area contributed by atoms with Crippen molar-refractivity contribution in [2.45, 2.75) is 6.92 Å². The summed E-state index contributed by atoms with van der Waals surface area (Å²) in [6, 6.07) is 20.4. The molecule has 0 aliphatic carbocycles. The number of aromatic nitrogens is 2. The lowest BCUT2D eigenvalue weighted by molar-refractivity contribution is 0.102. The molecule has 0 atom stereocenters. The van der Waals surface area contributed by atoms with E-state index in [4.69, 9.17) is 9.15 Å². The predicted octanol–water partition coefficient (Wildman–Crippen LogP) is 4.70. The number of carbonyl (C=O) groups is 1. The molecule has 0 fully saturated rings. The minimum atomic E-state index is -0.267. The number of aryl methyl sites for hydroxylation is 1. The van der Waals surface area contributed by atoms with Crippen LogP contribution in [0.4, 0.5) is 5.69 Å². The van der Waals surface area contributed by atoms with E-state index < -0.39 is 0 Å². The van der Waals surface area contributed by atoms with Crippen molar-refractivity contribution >= 4 is 11.6 Å². The van der Waals surface area contributed by atoms with Crippen LogP contribution in [0.3, 0.4) is 0 Å². The van der Waals surface area contributed by atoms with Gasteiger partial charge in [0, 0.05) is 11.9 Å². The molecule has 28 heavy (non-hydrogen) atoms. The van der Waals surface area contributed by atoms with E-state index in [1.165, 1.54) is 0 Å². The number of anilines is 1. The summed E-state index contributed by atoms with van der Waals surface area (Å²) in [7, 11) is 1.60. The number of hydrogen-bond acceptors (Lipinski definition) is 4. The highest BCUT2D eigenvalue weighted by Gasteiger charge is 2.21. The lowest BCUT2D eigenvalue weighted by Gasteiger charge is -2.06. The van der Waals surface area contributed by atoms with Gasteiger partial charge < -0.3 is 14.5 Å². The number of amides is 1. The van der Waals surface area contributed by atoms with Crippen LogP contribution in [0.2, 0.25) is 0 Å². The molecule has 0 aliphatic heterocycles. The predicted molar refractivity (Wildman–Crippen MR) is 107 cm³/mol. The van der Waals surface area contributed by atoms with Gasteiger partial charge in [-0.1, -0.05) is 18.2 Å². The summed E-state index contributed by atoms with van der Waals surface area (Å²) in [5, 5.41) is 7.50. The van der Waals surface area contributed by atoms with Crippen molar-refractivity contribution in [3.05, 3.63) is 84.3 Å². The van der Waals surface area contributed by atoms with Gasteiger partial charge in [-0.25, -0.2) is 4.68 Å². The van der Waals surface area contributed by atoms with Crippen molar-refractivity contribution in [1.29, 1.82) is 0 Å². The smallest absolute Gasteiger partial charge is 0.259 e. The molecule has 0 saturated carbocycles. The highest BCUT2D eigenvalue weighted by molar-refractivity contribution is 6.07. The number of para-hydroxylation sites is 1. The van der Waals surface area contributed by atoms with Gasteiger partial charge in [0.2, 0.25) is 0 Å². The normalized spacial score (nSPS) is 10.6. The Balaban J connectivity index is 1.71. The van der Waals surface area contributed by atoms with E-state index in [0.29, 0.717) is 22.7 Å². The molecule has 0 bridgehead atoms. The highest BCUT2D eigenvalue weighted by Crippen LogP contribution is 2.26. The Hall–Kier alpha value is -3.80. The Morgan fingerprint density at radius 2 is 1.79 bits per heavy atom. The van der Waals surface area contributed by atoms with Gasteiger partial charge in [-0.2, -0.15) is 5.10 Å². The molecule has 1 N–H and O–H groups in total. The van der Waals surface area contributed by atoms with Crippen molar-refractivity contribution < 1.29 is 13.9 Å². The second kappa shape index (κ2) is 7.44. The summed E-state index contributed by atoms with van der Waals surface area (Å²) in [5.41, 5.74) is 2.44. The van der Waals surface area contributed by atoms with E-state index in [1.54, 1.807) is 42.3 Å². The van der Waals surface area contributed by atoms with Crippen LogP contribution in [0.25, 0.3) is 17.1 Å². The fourth-order valence-corrected chi connectivity index (χ4v) is 2.87. The van der Waals surface area contributed by atoms with Crippen LogP contribution >= 0.6 is 0 Å². The second-order valence-electron chi connectivity index (χ2n) is 6.26. The van der Waals surface area contributed by atoms with Crippen LogP contribution in [-0.4, -0.2) is 22.8 Å². The zero-order valence-corrected chi connectivity index (χ0v) is 15.5. The van der Waals surface area contributed by atoms with Crippen LogP contribution in [0.5, 0.6) is 5.75 Å². The van der Waals surface area contributed by atoms with Gasteiger partial charge in [-0.3, -0.25) is 4.79 Å². The van der Waals surface area contributed by atoms with Crippen molar-refractivity contribution in [3.8, 4) is 22.9 Å². The number of nitrogens with zero attached hydrogens (tertiary/aromatic N) is 2. The number of benzene rings is 2. The van der Waals surface area contributed by atoms with Crippen LogP contribution in [0.15, 0.2) is 77.3 Å². The summed E-state index contributed by atoms with van der Waals surface area (Å²) >= 11 is 0. The number of ether oxygens (including phenoxy) is 1. The first-order chi connectivity index (χ1) is 13.6. The average molecular weight is 373 g/mol. The van der Waals surface area contributed by atoms with Gasteiger partial charge in [0.1, 0.15) is 17.2 Å². The third kappa shape index (κ3) is 3.53. The van der Waals surface area contributed by atoms with E-state index in [2.05, 4.69) is 10.4 Å². The SMILES string of the molecule is COc1ccc(NC(=O)c2cn(-c3ccccc3)nc2-c2ccc(C)o2)cc1. The summed E-state index contributed by atoms with van der Waals surface area (Å²) in [4.78, 5) is 13.0. The molecule has 1 amide bonds. The molecule has 2 heterocycles. The number of furan rings is 1. The van der Waals surface area contributed by atoms with Crippen LogP contribution in [0, 0.1) is 6.92 Å². The van der Waals surface area contributed by atoms with E-state index in [1.807, 2.05) is 49.4 Å². The molecule has 0 saturated heterocycles. The minimum Gasteiger partial charge on any atom is -0.497 e. The first kappa shape index (κ1) is 17.6. The maximum absolute atomic E-state index is 13.0. The Morgan fingerprint density at radius 1 is 1.04 bits per heavy atom. The van der Waals surface area contributed by atoms with Crippen molar-refractivity contribution in [2.75, 3.05) is 12.4 Å². The van der Waals surface area contributed by atoms with Crippen LogP contribution < -0.4 is 10.1 Å². The highest BCUT2D eigenvalue weighted by atomic mass is 16.5. The second-order valence-corrected chi connectivity index (χ2v) is 6.26. The zero-order valence-electron chi connectivity index (χ0n) is 15.5. The van der Waals surface area contributed by atoms with Gasteiger partial charge in [-0.05, 0) is 55.5 Å². The molecular weight excluding hydrogens is 354 g/mol. The standard InChI is InChI=1S/C22H19N3O3/c1-15-8-13-20(28-15)21-19(14-25(24-21)17-6-4-3-5-7-17)22(26)23-16-9-11-18(27-2)12-10-16/h3-14H,1-2H3,(H,23,26). The number of nitrogens with one attached hydrogen (secondary N) is 1. The fraction of sp³-hybridized carbons (Fsp3) is 0.0909. The summed E-state index contributed by atoms with van der Waals surface area (Å²) in [5.74, 6) is 1.76. The largest absolute Gasteiger partial charge is 0.497 e. The number of hydrogen-bond donors (Lipinski definition) is 1. The molecule has 4 aromatic rings. The molecule has 6 nitrogen and oxygen atoms in total. The van der Waals surface area contributed by atoms with Gasteiger partial charge in [0.15, 0.2) is 5.76 Å². The number of methoxy groups -OCH3 is 1. The molecule has 140 valence electrons. The summed E-state index contributed by atoms with van der Waals surface area (Å²) in [6.07, 6.45) is 1.71. The topological polar surface area (TPSA) is 69.3 Å². The maximum atomic E-state index is 13.0. The lowest BCUT2D eigenvalue weighted by atomic mass is 10.2.